The summed E-state index contributed by atoms with van der Waals surface area (Å²) in [5.74, 6) is -0.110. The van der Waals surface area contributed by atoms with Crippen molar-refractivity contribution in [1.82, 2.24) is 0 Å². The predicted molar refractivity (Wildman–Crippen MR) is 90.4 cm³/mol. The molecule has 2 amide bonds. The van der Waals surface area contributed by atoms with E-state index in [1.807, 2.05) is 6.92 Å². The Bertz CT molecular complexity index is 767. The molecule has 0 fully saturated rings. The molecule has 0 unspecified atom stereocenters. The molecule has 5 nitrogen and oxygen atoms in total. The standard InChI is InChI=1S/C17H18N2O3S/c1-2-22-11-6-3-5-10(9-11)16(21)19-17-14(15(18)20)12-7-4-8-13(12)23-17/h3,5-6,9H,2,4,7-8H2,1H3,(H2,18,20)(H,19,21). The second kappa shape index (κ2) is 6.42. The van der Waals surface area contributed by atoms with Crippen molar-refractivity contribution in [1.29, 1.82) is 0 Å². The second-order valence-electron chi connectivity index (χ2n) is 5.34. The average Bonchev–Trinajstić information content (AvgIpc) is 3.07. The molecule has 0 bridgehead atoms. The van der Waals surface area contributed by atoms with Crippen molar-refractivity contribution < 1.29 is 14.3 Å². The first-order valence-corrected chi connectivity index (χ1v) is 8.40. The molecular formula is C17H18N2O3S. The third-order valence-electron chi connectivity index (χ3n) is 3.80. The number of aryl methyl sites for hydroxylation is 1. The number of carbonyl (C=O) groups excluding carboxylic acids is 2. The number of fused-ring (bicyclic) bond motifs is 1. The molecule has 0 radical (unpaired) electrons. The van der Waals surface area contributed by atoms with E-state index < -0.39 is 5.91 Å². The fourth-order valence-corrected chi connectivity index (χ4v) is 4.11. The Kier molecular flexibility index (Phi) is 4.34. The summed E-state index contributed by atoms with van der Waals surface area (Å²) in [5.41, 5.74) is 7.46. The first kappa shape index (κ1) is 15.6. The molecule has 0 saturated heterocycles. The molecule has 0 saturated carbocycles. The zero-order valence-corrected chi connectivity index (χ0v) is 13.7. The zero-order valence-electron chi connectivity index (χ0n) is 12.8. The van der Waals surface area contributed by atoms with Gasteiger partial charge in [0.25, 0.3) is 11.8 Å². The molecule has 3 rings (SSSR count). The van der Waals surface area contributed by atoms with Gasteiger partial charge in [0, 0.05) is 10.4 Å². The zero-order chi connectivity index (χ0) is 16.4. The highest BCUT2D eigenvalue weighted by Gasteiger charge is 2.26. The van der Waals surface area contributed by atoms with Crippen LogP contribution in [0.5, 0.6) is 5.75 Å². The van der Waals surface area contributed by atoms with Crippen molar-refractivity contribution >= 4 is 28.2 Å². The normalized spacial score (nSPS) is 12.7. The van der Waals surface area contributed by atoms with Gasteiger partial charge in [0.15, 0.2) is 0 Å². The van der Waals surface area contributed by atoms with E-state index in [4.69, 9.17) is 10.5 Å². The molecule has 1 aromatic carbocycles. The first-order valence-electron chi connectivity index (χ1n) is 7.58. The molecule has 0 aliphatic heterocycles. The number of primary amides is 1. The second-order valence-corrected chi connectivity index (χ2v) is 6.45. The van der Waals surface area contributed by atoms with E-state index in [1.165, 1.54) is 11.3 Å². The molecular weight excluding hydrogens is 312 g/mol. The van der Waals surface area contributed by atoms with Gasteiger partial charge in [-0.2, -0.15) is 0 Å². The lowest BCUT2D eigenvalue weighted by Crippen LogP contribution is -2.17. The highest BCUT2D eigenvalue weighted by atomic mass is 32.1. The number of rotatable bonds is 5. The minimum atomic E-state index is -0.484. The van der Waals surface area contributed by atoms with Crippen LogP contribution in [0.3, 0.4) is 0 Å². The van der Waals surface area contributed by atoms with E-state index in [0.29, 0.717) is 28.5 Å². The first-order chi connectivity index (χ1) is 11.1. The van der Waals surface area contributed by atoms with Crippen LogP contribution in [0.25, 0.3) is 0 Å². The van der Waals surface area contributed by atoms with Gasteiger partial charge in [-0.15, -0.1) is 11.3 Å². The number of thiophene rings is 1. The van der Waals surface area contributed by atoms with E-state index in [0.717, 1.165) is 29.7 Å². The Morgan fingerprint density at radius 2 is 2.17 bits per heavy atom. The minimum Gasteiger partial charge on any atom is -0.494 e. The number of nitrogens with two attached hydrogens (primary N) is 1. The van der Waals surface area contributed by atoms with Gasteiger partial charge in [-0.1, -0.05) is 6.07 Å². The lowest BCUT2D eigenvalue weighted by atomic mass is 10.1. The lowest BCUT2D eigenvalue weighted by molar-refractivity contribution is 0.100. The Morgan fingerprint density at radius 3 is 2.91 bits per heavy atom. The topological polar surface area (TPSA) is 81.4 Å². The van der Waals surface area contributed by atoms with E-state index in [1.54, 1.807) is 24.3 Å². The Balaban J connectivity index is 1.86. The summed E-state index contributed by atoms with van der Waals surface area (Å²) in [5, 5.41) is 3.38. The number of hydrogen-bond donors (Lipinski definition) is 2. The summed E-state index contributed by atoms with van der Waals surface area (Å²) in [6, 6.07) is 6.96. The molecule has 0 atom stereocenters. The van der Waals surface area contributed by atoms with Crippen LogP contribution in [0.1, 0.15) is 44.5 Å². The van der Waals surface area contributed by atoms with Crippen LogP contribution in [-0.4, -0.2) is 18.4 Å². The van der Waals surface area contributed by atoms with Gasteiger partial charge >= 0.3 is 0 Å². The summed E-state index contributed by atoms with van der Waals surface area (Å²) in [6.07, 6.45) is 2.82. The van der Waals surface area contributed by atoms with Crippen molar-refractivity contribution in [2.75, 3.05) is 11.9 Å². The molecule has 3 N–H and O–H groups in total. The van der Waals surface area contributed by atoms with Crippen LogP contribution in [0.2, 0.25) is 0 Å². The van der Waals surface area contributed by atoms with Crippen LogP contribution < -0.4 is 15.8 Å². The maximum atomic E-state index is 12.5. The van der Waals surface area contributed by atoms with Crippen molar-refractivity contribution in [3.05, 3.63) is 45.8 Å². The smallest absolute Gasteiger partial charge is 0.256 e. The van der Waals surface area contributed by atoms with Crippen molar-refractivity contribution in [2.24, 2.45) is 5.73 Å². The van der Waals surface area contributed by atoms with Crippen LogP contribution in [0.15, 0.2) is 24.3 Å². The van der Waals surface area contributed by atoms with Crippen LogP contribution in [0, 0.1) is 0 Å². The third-order valence-corrected chi connectivity index (χ3v) is 5.01. The molecule has 6 heteroatoms. The minimum absolute atomic E-state index is 0.269. The van der Waals surface area contributed by atoms with E-state index in [-0.39, 0.29) is 5.91 Å². The molecule has 120 valence electrons. The molecule has 1 aromatic heterocycles. The largest absolute Gasteiger partial charge is 0.494 e. The highest BCUT2D eigenvalue weighted by Crippen LogP contribution is 2.39. The maximum absolute atomic E-state index is 12.5. The van der Waals surface area contributed by atoms with Gasteiger partial charge in [0.05, 0.1) is 12.2 Å². The fourth-order valence-electron chi connectivity index (χ4n) is 2.82. The predicted octanol–water partition coefficient (Wildman–Crippen LogP) is 2.99. The Labute approximate surface area is 138 Å². The van der Waals surface area contributed by atoms with Gasteiger partial charge in [0.2, 0.25) is 0 Å². The SMILES string of the molecule is CCOc1cccc(C(=O)Nc2sc3c(c2C(N)=O)CCC3)c1. The quantitative estimate of drug-likeness (QED) is 0.884. The number of carbonyl (C=O) groups is 2. The number of amides is 2. The summed E-state index contributed by atoms with van der Waals surface area (Å²) in [7, 11) is 0. The number of anilines is 1. The third kappa shape index (κ3) is 3.07. The maximum Gasteiger partial charge on any atom is 0.256 e. The monoisotopic (exact) mass is 330 g/mol. The summed E-state index contributed by atoms with van der Waals surface area (Å²) in [6.45, 7) is 2.42. The van der Waals surface area contributed by atoms with Crippen molar-refractivity contribution in [3.63, 3.8) is 0 Å². The van der Waals surface area contributed by atoms with Crippen molar-refractivity contribution in [3.8, 4) is 5.75 Å². The number of hydrogen-bond acceptors (Lipinski definition) is 4. The van der Waals surface area contributed by atoms with Gasteiger partial charge < -0.3 is 15.8 Å². The number of nitrogens with one attached hydrogen (secondary N) is 1. The van der Waals surface area contributed by atoms with Gasteiger partial charge in [-0.3, -0.25) is 9.59 Å². The Morgan fingerprint density at radius 1 is 1.35 bits per heavy atom. The fraction of sp³-hybridized carbons (Fsp3) is 0.294. The summed E-state index contributed by atoms with van der Waals surface area (Å²) < 4.78 is 5.41. The average molecular weight is 330 g/mol. The van der Waals surface area contributed by atoms with Crippen LogP contribution >= 0.6 is 11.3 Å². The van der Waals surface area contributed by atoms with E-state index in [9.17, 15) is 9.59 Å². The van der Waals surface area contributed by atoms with E-state index in [2.05, 4.69) is 5.32 Å². The highest BCUT2D eigenvalue weighted by molar-refractivity contribution is 7.17. The van der Waals surface area contributed by atoms with Gasteiger partial charge in [-0.25, -0.2) is 0 Å². The molecule has 1 heterocycles. The Hall–Kier alpha value is -2.34. The van der Waals surface area contributed by atoms with Gasteiger partial charge in [0.1, 0.15) is 10.8 Å². The molecule has 1 aliphatic carbocycles. The molecule has 23 heavy (non-hydrogen) atoms. The lowest BCUT2D eigenvalue weighted by Gasteiger charge is -2.08. The van der Waals surface area contributed by atoms with Crippen LogP contribution in [-0.2, 0) is 12.8 Å². The molecule has 1 aliphatic rings. The van der Waals surface area contributed by atoms with Gasteiger partial charge in [-0.05, 0) is 49.9 Å². The number of benzene rings is 1. The van der Waals surface area contributed by atoms with Crippen LogP contribution in [0.4, 0.5) is 5.00 Å². The molecule has 2 aromatic rings. The summed E-state index contributed by atoms with van der Waals surface area (Å²) >= 11 is 1.45. The van der Waals surface area contributed by atoms with E-state index >= 15 is 0 Å². The number of ether oxygens (including phenoxy) is 1. The summed E-state index contributed by atoms with van der Waals surface area (Å²) in [4.78, 5) is 25.4. The molecule has 0 spiro atoms. The van der Waals surface area contributed by atoms with Crippen molar-refractivity contribution in [2.45, 2.75) is 26.2 Å².